The molecule has 3 heterocycles. The quantitative estimate of drug-likeness (QED) is 0.807. The number of anilines is 1. The highest BCUT2D eigenvalue weighted by Gasteiger charge is 2.25. The number of amides is 1. The first-order chi connectivity index (χ1) is 12.7. The number of hydrogen-bond acceptors (Lipinski definition) is 7. The monoisotopic (exact) mass is 359 g/mol. The molecule has 0 bridgehead atoms. The molecular weight excluding hydrogens is 334 g/mol. The highest BCUT2D eigenvalue weighted by atomic mass is 16.5. The average Bonchev–Trinajstić information content (AvgIpc) is 3.15. The summed E-state index contributed by atoms with van der Waals surface area (Å²) >= 11 is 0. The van der Waals surface area contributed by atoms with E-state index in [0.717, 1.165) is 43.9 Å². The van der Waals surface area contributed by atoms with E-state index in [4.69, 9.17) is 9.26 Å². The fourth-order valence-corrected chi connectivity index (χ4v) is 3.35. The third kappa shape index (κ3) is 4.50. The van der Waals surface area contributed by atoms with Gasteiger partial charge in [0.25, 0.3) is 5.88 Å². The van der Waals surface area contributed by atoms with E-state index in [1.165, 1.54) is 7.11 Å². The Balaban J connectivity index is 1.53. The number of nitrogens with zero attached hydrogens (tertiary/aromatic N) is 4. The van der Waals surface area contributed by atoms with Crippen LogP contribution in [0.4, 0.5) is 5.82 Å². The Morgan fingerprint density at radius 2 is 2.27 bits per heavy atom. The van der Waals surface area contributed by atoms with Gasteiger partial charge in [0.15, 0.2) is 0 Å². The second-order valence-corrected chi connectivity index (χ2v) is 6.49. The van der Waals surface area contributed by atoms with E-state index in [1.807, 2.05) is 11.9 Å². The highest BCUT2D eigenvalue weighted by Crippen LogP contribution is 2.23. The summed E-state index contributed by atoms with van der Waals surface area (Å²) in [6.45, 7) is 1.58. The van der Waals surface area contributed by atoms with Gasteiger partial charge in [-0.05, 0) is 30.3 Å². The first-order valence-electron chi connectivity index (χ1n) is 8.94. The lowest BCUT2D eigenvalue weighted by atomic mass is 9.93. The van der Waals surface area contributed by atoms with Crippen molar-refractivity contribution < 1.29 is 14.1 Å². The predicted molar refractivity (Wildman–Crippen MR) is 96.0 cm³/mol. The van der Waals surface area contributed by atoms with Crippen molar-refractivity contribution in [2.45, 2.75) is 32.1 Å². The standard InChI is InChI=1S/C18H25N5O3/c1-19-18-15(20-7-8-21-18)10-13-4-3-9-23(12-13)17(24)6-5-14-11-16(25-2)22-26-14/h7-8,11,13H,3-6,9-10,12H2,1-2H3,(H,19,21)/t13-/m1/s1. The largest absolute Gasteiger partial charge is 0.479 e. The molecule has 1 saturated heterocycles. The topological polar surface area (TPSA) is 93.4 Å². The Morgan fingerprint density at radius 1 is 1.42 bits per heavy atom. The van der Waals surface area contributed by atoms with Crippen LogP contribution in [-0.4, -0.2) is 53.2 Å². The number of aromatic nitrogens is 3. The van der Waals surface area contributed by atoms with Crippen molar-refractivity contribution in [1.82, 2.24) is 20.0 Å². The van der Waals surface area contributed by atoms with E-state index in [0.29, 0.717) is 30.4 Å². The molecule has 26 heavy (non-hydrogen) atoms. The molecule has 8 nitrogen and oxygen atoms in total. The maximum atomic E-state index is 12.6. The second kappa shape index (κ2) is 8.64. The van der Waals surface area contributed by atoms with Gasteiger partial charge in [-0.25, -0.2) is 4.98 Å². The fourth-order valence-electron chi connectivity index (χ4n) is 3.35. The lowest BCUT2D eigenvalue weighted by molar-refractivity contribution is -0.133. The van der Waals surface area contributed by atoms with Crippen molar-refractivity contribution in [2.24, 2.45) is 5.92 Å². The number of ether oxygens (including phenoxy) is 1. The fraction of sp³-hybridized carbons (Fsp3) is 0.556. The number of carbonyl (C=O) groups is 1. The van der Waals surface area contributed by atoms with Crippen LogP contribution in [0.1, 0.15) is 30.7 Å². The lowest BCUT2D eigenvalue weighted by Crippen LogP contribution is -2.40. The van der Waals surface area contributed by atoms with Gasteiger partial charge in [0.05, 0.1) is 12.8 Å². The summed E-state index contributed by atoms with van der Waals surface area (Å²) in [6.07, 6.45) is 7.29. The molecule has 3 rings (SSSR count). The van der Waals surface area contributed by atoms with Crippen molar-refractivity contribution in [3.05, 3.63) is 29.9 Å². The van der Waals surface area contributed by atoms with Crippen LogP contribution in [0, 0.1) is 5.92 Å². The molecule has 0 saturated carbocycles. The Kier molecular flexibility index (Phi) is 6.04. The van der Waals surface area contributed by atoms with Gasteiger partial charge >= 0.3 is 0 Å². The molecule has 8 heteroatoms. The molecular formula is C18H25N5O3. The van der Waals surface area contributed by atoms with Crippen molar-refractivity contribution in [2.75, 3.05) is 32.6 Å². The Morgan fingerprint density at radius 3 is 3.04 bits per heavy atom. The summed E-state index contributed by atoms with van der Waals surface area (Å²) < 4.78 is 10.1. The lowest BCUT2D eigenvalue weighted by Gasteiger charge is -2.33. The summed E-state index contributed by atoms with van der Waals surface area (Å²) in [6, 6.07) is 1.72. The van der Waals surface area contributed by atoms with E-state index in [-0.39, 0.29) is 5.91 Å². The van der Waals surface area contributed by atoms with Crippen molar-refractivity contribution in [3.8, 4) is 5.88 Å². The number of aryl methyl sites for hydroxylation is 1. The summed E-state index contributed by atoms with van der Waals surface area (Å²) in [5.41, 5.74) is 0.961. The molecule has 0 aliphatic carbocycles. The van der Waals surface area contributed by atoms with Gasteiger partial charge in [-0.3, -0.25) is 9.78 Å². The number of hydrogen-bond donors (Lipinski definition) is 1. The highest BCUT2D eigenvalue weighted by molar-refractivity contribution is 5.76. The number of likely N-dealkylation sites (tertiary alicyclic amines) is 1. The van der Waals surface area contributed by atoms with Crippen LogP contribution >= 0.6 is 0 Å². The smallest absolute Gasteiger partial charge is 0.254 e. The molecule has 1 fully saturated rings. The molecule has 1 amide bonds. The summed E-state index contributed by atoms with van der Waals surface area (Å²) in [5.74, 6) is 2.48. The third-order valence-electron chi connectivity index (χ3n) is 4.70. The van der Waals surface area contributed by atoms with Gasteiger partial charge in [-0.1, -0.05) is 0 Å². The third-order valence-corrected chi connectivity index (χ3v) is 4.70. The maximum absolute atomic E-state index is 12.6. The average molecular weight is 359 g/mol. The molecule has 0 spiro atoms. The second-order valence-electron chi connectivity index (χ2n) is 6.49. The molecule has 0 unspecified atom stereocenters. The zero-order valence-corrected chi connectivity index (χ0v) is 15.3. The van der Waals surface area contributed by atoms with Gasteiger partial charge in [0, 0.05) is 51.4 Å². The first kappa shape index (κ1) is 18.2. The number of piperidine rings is 1. The summed E-state index contributed by atoms with van der Waals surface area (Å²) in [5, 5.41) is 6.84. The van der Waals surface area contributed by atoms with Gasteiger partial charge in [-0.2, -0.15) is 0 Å². The molecule has 1 atom stereocenters. The van der Waals surface area contributed by atoms with Crippen molar-refractivity contribution in [3.63, 3.8) is 0 Å². The SMILES string of the molecule is CNc1nccnc1C[C@H]1CCCN(C(=O)CCc2cc(OC)no2)C1. The zero-order valence-electron chi connectivity index (χ0n) is 15.3. The van der Waals surface area contributed by atoms with E-state index < -0.39 is 0 Å². The molecule has 1 aliphatic rings. The van der Waals surface area contributed by atoms with Crippen LogP contribution in [-0.2, 0) is 17.6 Å². The minimum absolute atomic E-state index is 0.151. The number of rotatable bonds is 7. The molecule has 140 valence electrons. The number of methoxy groups -OCH3 is 1. The maximum Gasteiger partial charge on any atom is 0.254 e. The van der Waals surface area contributed by atoms with Crippen LogP contribution in [0.2, 0.25) is 0 Å². The number of nitrogens with one attached hydrogen (secondary N) is 1. The van der Waals surface area contributed by atoms with Crippen LogP contribution in [0.5, 0.6) is 5.88 Å². The van der Waals surface area contributed by atoms with Crippen LogP contribution < -0.4 is 10.1 Å². The molecule has 1 N–H and O–H groups in total. The van der Waals surface area contributed by atoms with Crippen LogP contribution in [0.15, 0.2) is 23.0 Å². The summed E-state index contributed by atoms with van der Waals surface area (Å²) in [7, 11) is 3.39. The Hall–Kier alpha value is -2.64. The van der Waals surface area contributed by atoms with E-state index in [9.17, 15) is 4.79 Å². The van der Waals surface area contributed by atoms with Gasteiger partial charge in [-0.15, -0.1) is 0 Å². The molecule has 2 aromatic heterocycles. The van der Waals surface area contributed by atoms with Gasteiger partial charge in [0.2, 0.25) is 5.91 Å². The molecule has 1 aliphatic heterocycles. The first-order valence-corrected chi connectivity index (χ1v) is 8.94. The molecule has 0 aromatic carbocycles. The zero-order chi connectivity index (χ0) is 18.4. The van der Waals surface area contributed by atoms with Crippen molar-refractivity contribution in [1.29, 1.82) is 0 Å². The van der Waals surface area contributed by atoms with Crippen molar-refractivity contribution >= 4 is 11.7 Å². The minimum Gasteiger partial charge on any atom is -0.479 e. The number of carbonyl (C=O) groups excluding carboxylic acids is 1. The predicted octanol–water partition coefficient (Wildman–Crippen LogP) is 1.93. The van der Waals surface area contributed by atoms with E-state index in [2.05, 4.69) is 20.4 Å². The normalized spacial score (nSPS) is 17.2. The van der Waals surface area contributed by atoms with Crippen LogP contribution in [0.3, 0.4) is 0 Å². The molecule has 0 radical (unpaired) electrons. The Labute approximate surface area is 152 Å². The van der Waals surface area contributed by atoms with Gasteiger partial charge in [0.1, 0.15) is 11.6 Å². The van der Waals surface area contributed by atoms with Crippen LogP contribution in [0.25, 0.3) is 0 Å². The minimum atomic E-state index is 0.151. The van der Waals surface area contributed by atoms with Gasteiger partial charge < -0.3 is 19.5 Å². The molecule has 2 aromatic rings. The van der Waals surface area contributed by atoms with E-state index in [1.54, 1.807) is 18.5 Å². The Bertz CT molecular complexity index is 733. The summed E-state index contributed by atoms with van der Waals surface area (Å²) in [4.78, 5) is 23.3. The van der Waals surface area contributed by atoms with E-state index >= 15 is 0 Å².